The number of ketones is 3. The van der Waals surface area contributed by atoms with Gasteiger partial charge in [-0.25, -0.2) is 0 Å². The highest BCUT2D eigenvalue weighted by Crippen LogP contribution is 2.15. The lowest BCUT2D eigenvalue weighted by atomic mass is 10.0. The molecular formula is C68H120N16O21. The molecule has 0 bridgehead atoms. The van der Waals surface area contributed by atoms with Gasteiger partial charge in [0.1, 0.15) is 55.2 Å². The van der Waals surface area contributed by atoms with Crippen LogP contribution in [0.5, 0.6) is 0 Å². The van der Waals surface area contributed by atoms with Crippen molar-refractivity contribution in [2.75, 3.05) is 92.3 Å². The van der Waals surface area contributed by atoms with Crippen molar-refractivity contribution in [1.82, 2.24) is 68.5 Å². The minimum absolute atomic E-state index is 0.0128. The molecule has 598 valence electrons. The predicted octanol–water partition coefficient (Wildman–Crippen LogP) is -2.60. The van der Waals surface area contributed by atoms with Gasteiger partial charge < -0.3 is 99.3 Å². The Morgan fingerprint density at radius 1 is 0.419 bits per heavy atom. The molecule has 0 aliphatic rings. The van der Waals surface area contributed by atoms with Crippen molar-refractivity contribution in [3.63, 3.8) is 0 Å². The molecule has 0 spiro atoms. The zero-order valence-corrected chi connectivity index (χ0v) is 61.4. The standard InChI is InChI=1S/C68H120N16O21/c1-3-4-24-49(47(2)88)74-60(93)28-20-26-56(90)53(42-85)79-65(98)51(29-31-57(70)91)77-64(97)50(25-18-19-33-69)76-68(101)55(44-87)80-66(99)52(30-32-58(71)92)78-67(100)54(43-86)75-61(94)41-73-63(96)46-105-40-38-103-36-34-72-62(95)45-104-39-37-102-35-21-23-48(89)22-16-14-12-10-8-6-5-7-9-11-13-15-17-27-59-81-83-84-82-59/h49-55,85-87H,3-46,69H2,1-2H3,(H2,70,91)(H2,71,92)(H,72,95)(H,73,96)(H,74,93)(H,75,94)(H,76,101)(H,77,97)(H,78,100)(H,79,98)(H,80,99)(H,81,82,83,84)/t49-,50+,51-,52-,53-,54+,55-/m0/s1. The number of primary amides is 2. The molecular weight excluding hydrogens is 1380 g/mol. The number of rotatable bonds is 69. The van der Waals surface area contributed by atoms with Crippen LogP contribution in [0, 0.1) is 0 Å². The number of hydrogen-bond donors (Lipinski definition) is 16. The average Bonchev–Trinajstić information content (AvgIpc) is 1.41. The van der Waals surface area contributed by atoms with E-state index in [-0.39, 0.29) is 102 Å². The first-order valence-corrected chi connectivity index (χ1v) is 36.8. The number of unbranched alkanes of at least 4 members (excludes halogenated alkanes) is 14. The van der Waals surface area contributed by atoms with Crippen LogP contribution < -0.4 is 65.1 Å². The summed E-state index contributed by atoms with van der Waals surface area (Å²) >= 11 is 0. The van der Waals surface area contributed by atoms with Gasteiger partial charge >= 0.3 is 0 Å². The third kappa shape index (κ3) is 49.4. The van der Waals surface area contributed by atoms with Gasteiger partial charge in [-0.2, -0.15) is 5.21 Å². The smallest absolute Gasteiger partial charge is 0.246 e. The molecule has 0 aliphatic heterocycles. The zero-order valence-electron chi connectivity index (χ0n) is 61.4. The fourth-order valence-electron chi connectivity index (χ4n) is 10.4. The van der Waals surface area contributed by atoms with E-state index in [0.29, 0.717) is 45.1 Å². The van der Waals surface area contributed by atoms with E-state index in [1.54, 1.807) is 0 Å². The molecule has 1 aromatic rings. The molecule has 37 nitrogen and oxygen atoms in total. The highest BCUT2D eigenvalue weighted by molar-refractivity contribution is 5.98. The highest BCUT2D eigenvalue weighted by Gasteiger charge is 2.34. The van der Waals surface area contributed by atoms with Gasteiger partial charge in [0.15, 0.2) is 17.4 Å². The number of aromatic nitrogens is 4. The van der Waals surface area contributed by atoms with Crippen LogP contribution in [0.1, 0.15) is 206 Å². The van der Waals surface area contributed by atoms with E-state index in [1.165, 1.54) is 64.7 Å². The van der Waals surface area contributed by atoms with Gasteiger partial charge in [0, 0.05) is 58.1 Å². The minimum Gasteiger partial charge on any atom is -0.394 e. The number of carbonyl (C=O) groups is 14. The highest BCUT2D eigenvalue weighted by atomic mass is 16.5. The molecule has 7 atom stereocenters. The Balaban J connectivity index is 2.50. The number of Topliss-reactive ketones (excluding diaryl/α,β-unsaturated/α-hetero) is 3. The van der Waals surface area contributed by atoms with Crippen molar-refractivity contribution < 1.29 is 101 Å². The largest absolute Gasteiger partial charge is 0.394 e. The maximum Gasteiger partial charge on any atom is 0.246 e. The maximum atomic E-state index is 13.9. The van der Waals surface area contributed by atoms with Crippen molar-refractivity contribution in [3.8, 4) is 0 Å². The lowest BCUT2D eigenvalue weighted by Crippen LogP contribution is -2.60. The molecule has 11 amide bonds. The number of hydrogen-bond acceptors (Lipinski definition) is 25. The molecule has 0 saturated heterocycles. The molecule has 19 N–H and O–H groups in total. The Morgan fingerprint density at radius 3 is 1.37 bits per heavy atom. The summed E-state index contributed by atoms with van der Waals surface area (Å²) in [7, 11) is 0. The van der Waals surface area contributed by atoms with E-state index in [2.05, 4.69) is 68.5 Å². The summed E-state index contributed by atoms with van der Waals surface area (Å²) in [4.78, 5) is 179. The summed E-state index contributed by atoms with van der Waals surface area (Å²) in [6.45, 7) is 0.120. The first-order valence-electron chi connectivity index (χ1n) is 36.8. The first kappa shape index (κ1) is 94.9. The Labute approximate surface area is 614 Å². The second-order valence-corrected chi connectivity index (χ2v) is 25.5. The SMILES string of the molecule is CCCC[C@H](NC(=O)CCCC(=O)[C@H](CO)NC(=O)[C@H](CCC(N)=O)NC(=O)[C@@H](CCCCN)NC(=O)[C@H](CO)NC(=O)[C@H](CCC(N)=O)NC(=O)[C@@H](CO)NC(=O)CNC(=O)COCCOCCNC(=O)COCCOCCCC(=O)CCCCCCCCCCCCCCCc1nn[nH]n1)C(C)=O. The number of amides is 11. The van der Waals surface area contributed by atoms with Crippen LogP contribution >= 0.6 is 0 Å². The maximum absolute atomic E-state index is 13.9. The minimum atomic E-state index is -1.86. The van der Waals surface area contributed by atoms with Gasteiger partial charge in [-0.3, -0.25) is 67.1 Å². The predicted molar refractivity (Wildman–Crippen MR) is 380 cm³/mol. The van der Waals surface area contributed by atoms with Crippen LogP contribution in [0.25, 0.3) is 0 Å². The van der Waals surface area contributed by atoms with E-state index in [4.69, 9.17) is 36.1 Å². The van der Waals surface area contributed by atoms with Crippen LogP contribution in [0.15, 0.2) is 0 Å². The number of nitrogens with zero attached hydrogens (tertiary/aromatic N) is 3. The summed E-state index contributed by atoms with van der Waals surface area (Å²) in [6.07, 6.45) is 18.1. The number of aliphatic hydroxyl groups is 3. The quantitative estimate of drug-likeness (QED) is 0.0297. The van der Waals surface area contributed by atoms with Gasteiger partial charge in [0.25, 0.3) is 0 Å². The van der Waals surface area contributed by atoms with Crippen molar-refractivity contribution in [3.05, 3.63) is 5.82 Å². The van der Waals surface area contributed by atoms with E-state index >= 15 is 0 Å². The monoisotopic (exact) mass is 1500 g/mol. The summed E-state index contributed by atoms with van der Waals surface area (Å²) in [5, 5.41) is 65.7. The molecule has 1 rings (SSSR count). The first-order chi connectivity index (χ1) is 50.5. The average molecular weight is 1500 g/mol. The molecule has 0 aromatic carbocycles. The molecule has 105 heavy (non-hydrogen) atoms. The molecule has 0 aliphatic carbocycles. The third-order valence-electron chi connectivity index (χ3n) is 16.5. The van der Waals surface area contributed by atoms with Crippen molar-refractivity contribution >= 4 is 82.3 Å². The zero-order chi connectivity index (χ0) is 77.8. The number of tetrazole rings is 1. The lowest BCUT2D eigenvalue weighted by molar-refractivity contribution is -0.136. The molecule has 0 fully saturated rings. The summed E-state index contributed by atoms with van der Waals surface area (Å²) in [5.74, 6) is -9.89. The topological polar surface area (TPSA) is 577 Å². The number of ether oxygens (including phenoxy) is 4. The molecule has 1 aromatic heterocycles. The number of H-pyrrole nitrogens is 1. The Bertz CT molecular complexity index is 2720. The van der Waals surface area contributed by atoms with Crippen LogP contribution in [0.2, 0.25) is 0 Å². The Kier molecular flexibility index (Phi) is 55.3. The number of aliphatic hydroxyl groups excluding tert-OH is 3. The van der Waals surface area contributed by atoms with Crippen molar-refractivity contribution in [1.29, 1.82) is 0 Å². The normalized spacial score (nSPS) is 13.1. The van der Waals surface area contributed by atoms with Gasteiger partial charge in [-0.05, 0) is 77.7 Å². The van der Waals surface area contributed by atoms with Crippen LogP contribution in [-0.2, 0) is 92.5 Å². The van der Waals surface area contributed by atoms with Gasteiger partial charge in [0.2, 0.25) is 65.0 Å². The van der Waals surface area contributed by atoms with Crippen LogP contribution in [0.4, 0.5) is 0 Å². The van der Waals surface area contributed by atoms with Gasteiger partial charge in [0.05, 0.1) is 65.4 Å². The number of aryl methyl sites for hydroxylation is 1. The van der Waals surface area contributed by atoms with Gasteiger partial charge in [-0.15, -0.1) is 10.2 Å². The van der Waals surface area contributed by atoms with Crippen molar-refractivity contribution in [2.24, 2.45) is 17.2 Å². The van der Waals surface area contributed by atoms with Crippen LogP contribution in [0.3, 0.4) is 0 Å². The van der Waals surface area contributed by atoms with Crippen LogP contribution in [-0.4, -0.2) is 253 Å². The van der Waals surface area contributed by atoms with E-state index in [0.717, 1.165) is 44.3 Å². The number of nitrogens with two attached hydrogens (primary N) is 3. The number of aromatic amines is 1. The molecule has 1 heterocycles. The Hall–Kier alpha value is -8.07. The fourth-order valence-corrected chi connectivity index (χ4v) is 10.4. The molecule has 0 radical (unpaired) electrons. The summed E-state index contributed by atoms with van der Waals surface area (Å²) in [5.41, 5.74) is 16.3. The fraction of sp³-hybridized carbons (Fsp3) is 0.779. The van der Waals surface area contributed by atoms with Gasteiger partial charge in [-0.1, -0.05) is 95.6 Å². The molecule has 0 unspecified atom stereocenters. The van der Waals surface area contributed by atoms with E-state index in [9.17, 15) is 82.4 Å². The number of carbonyl (C=O) groups excluding carboxylic acids is 14. The second-order valence-electron chi connectivity index (χ2n) is 25.5. The third-order valence-corrected chi connectivity index (χ3v) is 16.5. The van der Waals surface area contributed by atoms with E-state index < -0.39 is 166 Å². The molecule has 0 saturated carbocycles. The lowest BCUT2D eigenvalue weighted by Gasteiger charge is -2.27. The molecule has 37 heteroatoms. The number of nitrogens with one attached hydrogen (secondary N) is 10. The second kappa shape index (κ2) is 61.1. The van der Waals surface area contributed by atoms with E-state index in [1.807, 2.05) is 6.92 Å². The summed E-state index contributed by atoms with van der Waals surface area (Å²) in [6, 6.07) is -10.7. The summed E-state index contributed by atoms with van der Waals surface area (Å²) < 4.78 is 21.5. The Morgan fingerprint density at radius 2 is 0.867 bits per heavy atom. The van der Waals surface area contributed by atoms with Crippen molar-refractivity contribution in [2.45, 2.75) is 249 Å².